The predicted octanol–water partition coefficient (Wildman–Crippen LogP) is -0.596. The lowest BCUT2D eigenvalue weighted by molar-refractivity contribution is 0.0838. The molecular formula is C23H34N8O2. The zero-order valence-electron chi connectivity index (χ0n) is 19.1. The van der Waals surface area contributed by atoms with Crippen molar-refractivity contribution in [3.63, 3.8) is 0 Å². The summed E-state index contributed by atoms with van der Waals surface area (Å²) in [5, 5.41) is 19.9. The molecule has 1 fully saturated rings. The van der Waals surface area contributed by atoms with Crippen molar-refractivity contribution in [2.75, 3.05) is 63.1 Å². The zero-order chi connectivity index (χ0) is 23.2. The lowest BCUT2D eigenvalue weighted by Crippen LogP contribution is -2.51. The summed E-state index contributed by atoms with van der Waals surface area (Å²) in [4.78, 5) is 25.8. The number of β-amino-alcohol motifs (C(OH)–C–C–N with tert-alkyl or cyclic N) is 1. The van der Waals surface area contributed by atoms with Crippen LogP contribution in [0.4, 0.5) is 11.8 Å². The molecule has 3 heterocycles. The number of anilines is 2. The van der Waals surface area contributed by atoms with E-state index in [1.807, 2.05) is 18.0 Å². The number of amides is 1. The second kappa shape index (κ2) is 10.9. The van der Waals surface area contributed by atoms with Gasteiger partial charge in [0.2, 0.25) is 5.95 Å². The number of likely N-dealkylation sites (N-methyl/N-ethyl adjacent to an activating group) is 1. The van der Waals surface area contributed by atoms with Crippen molar-refractivity contribution in [3.8, 4) is 0 Å². The van der Waals surface area contributed by atoms with Gasteiger partial charge in [0.15, 0.2) is 0 Å². The van der Waals surface area contributed by atoms with E-state index >= 15 is 0 Å². The van der Waals surface area contributed by atoms with Crippen LogP contribution in [0.2, 0.25) is 0 Å². The summed E-state index contributed by atoms with van der Waals surface area (Å²) >= 11 is 0. The zero-order valence-corrected chi connectivity index (χ0v) is 19.1. The predicted molar refractivity (Wildman–Crippen MR) is 128 cm³/mol. The Morgan fingerprint density at radius 1 is 1.33 bits per heavy atom. The molecule has 33 heavy (non-hydrogen) atoms. The summed E-state index contributed by atoms with van der Waals surface area (Å²) in [6.45, 7) is 5.12. The van der Waals surface area contributed by atoms with E-state index in [0.29, 0.717) is 31.4 Å². The quantitative estimate of drug-likeness (QED) is 0.319. The molecule has 1 atom stereocenters. The van der Waals surface area contributed by atoms with Gasteiger partial charge in [0.1, 0.15) is 11.5 Å². The van der Waals surface area contributed by atoms with Gasteiger partial charge in [-0.1, -0.05) is 24.3 Å². The van der Waals surface area contributed by atoms with Crippen molar-refractivity contribution in [2.45, 2.75) is 25.1 Å². The molecule has 2 aliphatic rings. The molecule has 2 aromatic rings. The number of fused-ring (bicyclic) bond motifs is 1. The normalized spacial score (nSPS) is 17.1. The van der Waals surface area contributed by atoms with Gasteiger partial charge in [-0.3, -0.25) is 9.69 Å². The van der Waals surface area contributed by atoms with Gasteiger partial charge >= 0.3 is 0 Å². The van der Waals surface area contributed by atoms with E-state index in [1.165, 1.54) is 11.1 Å². The second-order valence-electron chi connectivity index (χ2n) is 8.77. The first-order valence-corrected chi connectivity index (χ1v) is 11.5. The summed E-state index contributed by atoms with van der Waals surface area (Å²) in [5.74, 6) is 0.709. The number of aliphatic hydroxyl groups is 1. The third-order valence-electron chi connectivity index (χ3n) is 6.06. The Morgan fingerprint density at radius 3 is 2.85 bits per heavy atom. The minimum Gasteiger partial charge on any atom is -0.390 e. The molecule has 10 nitrogen and oxygen atoms in total. The fourth-order valence-electron chi connectivity index (χ4n) is 4.06. The van der Waals surface area contributed by atoms with Crippen LogP contribution >= 0.6 is 0 Å². The average molecular weight is 455 g/mol. The Hall–Kier alpha value is -2.79. The molecule has 0 radical (unpaired) electrons. The maximum absolute atomic E-state index is 12.8. The van der Waals surface area contributed by atoms with Crippen LogP contribution in [0.5, 0.6) is 0 Å². The lowest BCUT2D eigenvalue weighted by Gasteiger charge is -2.30. The van der Waals surface area contributed by atoms with E-state index < -0.39 is 6.10 Å². The van der Waals surface area contributed by atoms with Gasteiger partial charge < -0.3 is 31.7 Å². The molecule has 0 saturated carbocycles. The van der Waals surface area contributed by atoms with Crippen LogP contribution in [-0.2, 0) is 13.0 Å². The summed E-state index contributed by atoms with van der Waals surface area (Å²) in [6, 6.07) is 10.3. The fraction of sp³-hybridized carbons (Fsp3) is 0.522. The number of aromatic nitrogens is 2. The highest BCUT2D eigenvalue weighted by Gasteiger charge is 2.21. The van der Waals surface area contributed by atoms with Crippen molar-refractivity contribution < 1.29 is 9.90 Å². The number of rotatable bonds is 10. The SMILES string of the molecule is CN(CCN)c1nc(NC2CNC2)cc(C(=O)NCC(O)CN2CCc3ccccc3C2)n1. The molecule has 0 spiro atoms. The monoisotopic (exact) mass is 454 g/mol. The summed E-state index contributed by atoms with van der Waals surface area (Å²) < 4.78 is 0. The van der Waals surface area contributed by atoms with Crippen LogP contribution in [0.3, 0.4) is 0 Å². The van der Waals surface area contributed by atoms with Gasteiger partial charge in [-0.25, -0.2) is 4.98 Å². The molecule has 6 N–H and O–H groups in total. The molecule has 1 saturated heterocycles. The van der Waals surface area contributed by atoms with Gasteiger partial charge in [-0.15, -0.1) is 0 Å². The van der Waals surface area contributed by atoms with E-state index in [9.17, 15) is 9.90 Å². The van der Waals surface area contributed by atoms with Crippen molar-refractivity contribution >= 4 is 17.7 Å². The molecule has 1 unspecified atom stereocenters. The van der Waals surface area contributed by atoms with Gasteiger partial charge in [0.25, 0.3) is 5.91 Å². The van der Waals surface area contributed by atoms with Gasteiger partial charge in [-0.2, -0.15) is 4.98 Å². The molecule has 1 aromatic heterocycles. The number of carbonyl (C=O) groups is 1. The summed E-state index contributed by atoms with van der Waals surface area (Å²) in [7, 11) is 1.85. The minimum atomic E-state index is -0.668. The van der Waals surface area contributed by atoms with E-state index in [4.69, 9.17) is 5.73 Å². The van der Waals surface area contributed by atoms with Crippen molar-refractivity contribution in [2.24, 2.45) is 5.73 Å². The first-order valence-electron chi connectivity index (χ1n) is 11.5. The van der Waals surface area contributed by atoms with Crippen LogP contribution in [0.25, 0.3) is 0 Å². The number of hydrogen-bond acceptors (Lipinski definition) is 9. The van der Waals surface area contributed by atoms with E-state index in [-0.39, 0.29) is 24.2 Å². The number of hydrogen-bond donors (Lipinski definition) is 5. The Kier molecular flexibility index (Phi) is 7.71. The molecule has 4 rings (SSSR count). The highest BCUT2D eigenvalue weighted by Crippen LogP contribution is 2.18. The molecule has 0 aliphatic carbocycles. The highest BCUT2D eigenvalue weighted by molar-refractivity contribution is 5.93. The van der Waals surface area contributed by atoms with Crippen LogP contribution in [0.1, 0.15) is 21.6 Å². The minimum absolute atomic E-state index is 0.157. The third-order valence-corrected chi connectivity index (χ3v) is 6.06. The third kappa shape index (κ3) is 6.17. The summed E-state index contributed by atoms with van der Waals surface area (Å²) in [5.41, 5.74) is 8.60. The first-order chi connectivity index (χ1) is 16.0. The van der Waals surface area contributed by atoms with E-state index in [0.717, 1.165) is 32.6 Å². The number of benzene rings is 1. The number of aliphatic hydroxyl groups excluding tert-OH is 1. The molecule has 178 valence electrons. The van der Waals surface area contributed by atoms with Crippen LogP contribution in [-0.4, -0.2) is 90.9 Å². The van der Waals surface area contributed by atoms with Crippen LogP contribution in [0, 0.1) is 0 Å². The molecule has 2 aliphatic heterocycles. The number of nitrogens with two attached hydrogens (primary N) is 1. The Balaban J connectivity index is 1.34. The maximum Gasteiger partial charge on any atom is 0.270 e. The van der Waals surface area contributed by atoms with E-state index in [2.05, 4.69) is 49.0 Å². The topological polar surface area (TPSA) is 132 Å². The average Bonchev–Trinajstić information content (AvgIpc) is 2.79. The van der Waals surface area contributed by atoms with Gasteiger partial charge in [0, 0.05) is 65.5 Å². The lowest BCUT2D eigenvalue weighted by atomic mass is 10.00. The molecule has 1 amide bonds. The number of nitrogens with one attached hydrogen (secondary N) is 3. The second-order valence-corrected chi connectivity index (χ2v) is 8.77. The number of nitrogens with zero attached hydrogens (tertiary/aromatic N) is 4. The van der Waals surface area contributed by atoms with Gasteiger partial charge in [0.05, 0.1) is 12.1 Å². The molecular weight excluding hydrogens is 420 g/mol. The fourth-order valence-corrected chi connectivity index (χ4v) is 4.06. The first kappa shape index (κ1) is 23.4. The van der Waals surface area contributed by atoms with Crippen molar-refractivity contribution in [3.05, 3.63) is 47.2 Å². The Labute approximate surface area is 194 Å². The number of carbonyl (C=O) groups excluding carboxylic acids is 1. The van der Waals surface area contributed by atoms with Gasteiger partial charge in [-0.05, 0) is 17.5 Å². The van der Waals surface area contributed by atoms with Crippen molar-refractivity contribution in [1.82, 2.24) is 25.5 Å². The van der Waals surface area contributed by atoms with Crippen LogP contribution < -0.4 is 26.6 Å². The Morgan fingerprint density at radius 2 is 2.12 bits per heavy atom. The standard InChI is InChI=1S/C23H34N8O2/c1-30(9-7-24)23-28-20(10-21(29-23)27-18-11-25-12-18)22(33)26-13-19(32)15-31-8-6-16-4-2-3-5-17(16)14-31/h2-5,10,18-19,25,32H,6-9,11-15,24H2,1H3,(H,26,33)(H,27,28,29). The molecule has 1 aromatic carbocycles. The smallest absolute Gasteiger partial charge is 0.270 e. The largest absolute Gasteiger partial charge is 0.390 e. The van der Waals surface area contributed by atoms with Crippen LogP contribution in [0.15, 0.2) is 30.3 Å². The highest BCUT2D eigenvalue weighted by atomic mass is 16.3. The maximum atomic E-state index is 12.8. The molecule has 10 heteroatoms. The molecule has 0 bridgehead atoms. The van der Waals surface area contributed by atoms with Crippen molar-refractivity contribution in [1.29, 1.82) is 0 Å². The Bertz CT molecular complexity index is 952. The van der Waals surface area contributed by atoms with E-state index in [1.54, 1.807) is 6.07 Å². The summed E-state index contributed by atoms with van der Waals surface area (Å²) in [6.07, 6.45) is 0.306.